The molecule has 0 spiro atoms. The van der Waals surface area contributed by atoms with Crippen LogP contribution in [0.25, 0.3) is 0 Å². The number of rotatable bonds is 3. The van der Waals surface area contributed by atoms with E-state index in [0.29, 0.717) is 0 Å². The van der Waals surface area contributed by atoms with Gasteiger partial charge in [-0.1, -0.05) is 25.7 Å². The molecule has 0 bridgehead atoms. The zero-order valence-electron chi connectivity index (χ0n) is 6.07. The summed E-state index contributed by atoms with van der Waals surface area (Å²) in [7, 11) is -0.727. The Hall–Kier alpha value is 0.567. The van der Waals surface area contributed by atoms with Gasteiger partial charge in [-0.05, 0) is 12.2 Å². The van der Waals surface area contributed by atoms with Crippen LogP contribution in [0.15, 0.2) is 0 Å². The van der Waals surface area contributed by atoms with Crippen LogP contribution in [0.2, 0.25) is 25.7 Å². The lowest BCUT2D eigenvalue weighted by Crippen LogP contribution is -2.18. The Morgan fingerprint density at radius 2 is 1.75 bits per heavy atom. The third-order valence-electron chi connectivity index (χ3n) is 1.08. The summed E-state index contributed by atoms with van der Waals surface area (Å²) in [6.07, 6.45) is 1.30. The fourth-order valence-electron chi connectivity index (χ4n) is 0.609. The third-order valence-corrected chi connectivity index (χ3v) is 3.25. The predicted molar refractivity (Wildman–Crippen MR) is 46.6 cm³/mol. The molecule has 50 valence electrons. The van der Waals surface area contributed by atoms with Gasteiger partial charge in [0, 0.05) is 8.07 Å². The Morgan fingerprint density at radius 1 is 1.25 bits per heavy atom. The van der Waals surface area contributed by atoms with Crippen molar-refractivity contribution in [3.8, 4) is 0 Å². The van der Waals surface area contributed by atoms with Crippen molar-refractivity contribution in [1.29, 1.82) is 0 Å². The molecule has 0 unspecified atom stereocenters. The van der Waals surface area contributed by atoms with Crippen molar-refractivity contribution in [2.24, 2.45) is 0 Å². The highest BCUT2D eigenvalue weighted by Crippen LogP contribution is 2.10. The van der Waals surface area contributed by atoms with Crippen LogP contribution < -0.4 is 0 Å². The summed E-state index contributed by atoms with van der Waals surface area (Å²) in [5.74, 6) is 1.06. The normalized spacial score (nSPS) is 12.0. The molecule has 2 heteroatoms. The predicted octanol–water partition coefficient (Wildman–Crippen LogP) is 2.64. The Balaban J connectivity index is 3.11. The van der Waals surface area contributed by atoms with Crippen molar-refractivity contribution in [2.75, 3.05) is 5.75 Å². The first-order chi connectivity index (χ1) is 3.56. The number of hydrogen-bond acceptors (Lipinski definition) is 1. The minimum Gasteiger partial charge on any atom is -0.179 e. The third kappa shape index (κ3) is 6.57. The summed E-state index contributed by atoms with van der Waals surface area (Å²) in [4.78, 5) is 0. The SMILES string of the molecule is C[Si](C)(C)CCCS. The molecule has 0 radical (unpaired) electrons. The van der Waals surface area contributed by atoms with Gasteiger partial charge in [0.2, 0.25) is 0 Å². The molecule has 0 saturated carbocycles. The molecule has 0 aliphatic carbocycles. The van der Waals surface area contributed by atoms with Crippen molar-refractivity contribution < 1.29 is 0 Å². The van der Waals surface area contributed by atoms with Crippen LogP contribution in [0, 0.1) is 0 Å². The van der Waals surface area contributed by atoms with E-state index in [1.54, 1.807) is 0 Å². The average Bonchev–Trinajstić information content (AvgIpc) is 1.59. The largest absolute Gasteiger partial charge is 0.179 e. The fourth-order valence-corrected chi connectivity index (χ4v) is 2.30. The number of thiol groups is 1. The van der Waals surface area contributed by atoms with E-state index in [-0.39, 0.29) is 0 Å². The standard InChI is InChI=1S/C6H16SSi/c1-8(2,3)6-4-5-7/h7H,4-6H2,1-3H3. The van der Waals surface area contributed by atoms with E-state index in [2.05, 4.69) is 32.3 Å². The first-order valence-electron chi connectivity index (χ1n) is 3.17. The van der Waals surface area contributed by atoms with Gasteiger partial charge in [0.1, 0.15) is 0 Å². The van der Waals surface area contributed by atoms with Gasteiger partial charge >= 0.3 is 0 Å². The van der Waals surface area contributed by atoms with Gasteiger partial charge in [0.05, 0.1) is 0 Å². The van der Waals surface area contributed by atoms with E-state index in [1.165, 1.54) is 12.5 Å². The summed E-state index contributed by atoms with van der Waals surface area (Å²) in [6, 6.07) is 1.43. The van der Waals surface area contributed by atoms with Gasteiger partial charge < -0.3 is 0 Å². The van der Waals surface area contributed by atoms with Crippen molar-refractivity contribution in [3.05, 3.63) is 0 Å². The first kappa shape index (κ1) is 8.57. The molecule has 8 heavy (non-hydrogen) atoms. The molecule has 0 nitrogen and oxygen atoms in total. The maximum absolute atomic E-state index is 4.15. The lowest BCUT2D eigenvalue weighted by molar-refractivity contribution is 1.07. The van der Waals surface area contributed by atoms with Gasteiger partial charge in [-0.2, -0.15) is 12.6 Å². The molecule has 0 aromatic rings. The highest BCUT2D eigenvalue weighted by Gasteiger charge is 2.10. The smallest absolute Gasteiger partial charge is 0.0442 e. The van der Waals surface area contributed by atoms with E-state index >= 15 is 0 Å². The monoisotopic (exact) mass is 148 g/mol. The van der Waals surface area contributed by atoms with Crippen LogP contribution >= 0.6 is 12.6 Å². The second-order valence-corrected chi connectivity index (χ2v) is 9.46. The fraction of sp³-hybridized carbons (Fsp3) is 1.00. The van der Waals surface area contributed by atoms with E-state index in [4.69, 9.17) is 0 Å². The molecule has 0 rings (SSSR count). The molecule has 0 saturated heterocycles. The topological polar surface area (TPSA) is 0 Å². The van der Waals surface area contributed by atoms with Crippen LogP contribution in [0.4, 0.5) is 0 Å². The summed E-state index contributed by atoms with van der Waals surface area (Å²) >= 11 is 4.15. The Morgan fingerprint density at radius 3 is 1.88 bits per heavy atom. The van der Waals surface area contributed by atoms with Gasteiger partial charge in [-0.25, -0.2) is 0 Å². The number of hydrogen-bond donors (Lipinski definition) is 1. The molecule has 0 atom stereocenters. The molecule has 0 heterocycles. The highest BCUT2D eigenvalue weighted by atomic mass is 32.1. The Labute approximate surface area is 59.1 Å². The van der Waals surface area contributed by atoms with Crippen molar-refractivity contribution in [3.63, 3.8) is 0 Å². The molecular weight excluding hydrogens is 132 g/mol. The van der Waals surface area contributed by atoms with E-state index in [0.717, 1.165) is 5.75 Å². The van der Waals surface area contributed by atoms with Crippen LogP contribution in [-0.2, 0) is 0 Å². The summed E-state index contributed by atoms with van der Waals surface area (Å²) < 4.78 is 0. The van der Waals surface area contributed by atoms with Gasteiger partial charge in [-0.15, -0.1) is 0 Å². The van der Waals surface area contributed by atoms with Crippen LogP contribution in [0.5, 0.6) is 0 Å². The molecule has 0 aliphatic heterocycles. The molecule has 0 aliphatic rings. The molecule has 0 amide bonds. The summed E-state index contributed by atoms with van der Waals surface area (Å²) in [6.45, 7) is 7.20. The van der Waals surface area contributed by atoms with Crippen LogP contribution in [0.1, 0.15) is 6.42 Å². The maximum atomic E-state index is 4.15. The zero-order valence-corrected chi connectivity index (χ0v) is 7.96. The zero-order chi connectivity index (χ0) is 6.62. The van der Waals surface area contributed by atoms with E-state index < -0.39 is 8.07 Å². The average molecular weight is 148 g/mol. The summed E-state index contributed by atoms with van der Waals surface area (Å²) in [5.41, 5.74) is 0. The van der Waals surface area contributed by atoms with Crippen molar-refractivity contribution in [1.82, 2.24) is 0 Å². The van der Waals surface area contributed by atoms with E-state index in [9.17, 15) is 0 Å². The molecule has 0 fully saturated rings. The lowest BCUT2D eigenvalue weighted by atomic mass is 10.6. The van der Waals surface area contributed by atoms with Gasteiger partial charge in [0.15, 0.2) is 0 Å². The van der Waals surface area contributed by atoms with Crippen molar-refractivity contribution in [2.45, 2.75) is 32.1 Å². The highest BCUT2D eigenvalue weighted by molar-refractivity contribution is 7.80. The molecular formula is C6H16SSi. The van der Waals surface area contributed by atoms with E-state index in [1.807, 2.05) is 0 Å². The first-order valence-corrected chi connectivity index (χ1v) is 7.51. The molecule has 0 aromatic carbocycles. The van der Waals surface area contributed by atoms with Crippen LogP contribution in [0.3, 0.4) is 0 Å². The summed E-state index contributed by atoms with van der Waals surface area (Å²) in [5, 5.41) is 0. The van der Waals surface area contributed by atoms with Crippen molar-refractivity contribution >= 4 is 20.7 Å². The maximum Gasteiger partial charge on any atom is 0.0442 e. The minimum atomic E-state index is -0.727. The minimum absolute atomic E-state index is 0.727. The Kier molecular flexibility index (Phi) is 3.82. The molecule has 0 N–H and O–H groups in total. The second kappa shape index (κ2) is 3.57. The van der Waals surface area contributed by atoms with Gasteiger partial charge in [-0.3, -0.25) is 0 Å². The molecule has 0 aromatic heterocycles. The quantitative estimate of drug-likeness (QED) is 0.462. The Bertz CT molecular complexity index is 56.0. The van der Waals surface area contributed by atoms with Crippen LogP contribution in [-0.4, -0.2) is 13.8 Å². The van der Waals surface area contributed by atoms with Gasteiger partial charge in [0.25, 0.3) is 0 Å². The lowest BCUT2D eigenvalue weighted by Gasteiger charge is -2.13. The second-order valence-electron chi connectivity index (χ2n) is 3.39.